The molecule has 0 spiro atoms. The van der Waals surface area contributed by atoms with E-state index in [9.17, 15) is 5.11 Å². The molecule has 1 unspecified atom stereocenters. The van der Waals surface area contributed by atoms with Gasteiger partial charge in [0.15, 0.2) is 11.5 Å². The Morgan fingerprint density at radius 2 is 2.33 bits per heavy atom. The predicted molar refractivity (Wildman–Crippen MR) is 71.1 cm³/mol. The molecule has 0 aromatic heterocycles. The minimum absolute atomic E-state index is 0.0223. The Bertz CT molecular complexity index is 402. The number of aliphatic hydroxyl groups excluding tert-OH is 1. The van der Waals surface area contributed by atoms with E-state index in [0.29, 0.717) is 24.7 Å². The highest BCUT2D eigenvalue weighted by atomic mass is 79.9. The molecule has 0 amide bonds. The fraction of sp³-hybridized carbons (Fsp3) is 0.538. The van der Waals surface area contributed by atoms with Gasteiger partial charge >= 0.3 is 0 Å². The van der Waals surface area contributed by atoms with Gasteiger partial charge in [0, 0.05) is 6.42 Å². The molecule has 1 heterocycles. The molecule has 1 aliphatic rings. The zero-order valence-electron chi connectivity index (χ0n) is 10.3. The number of ether oxygens (including phenoxy) is 3. The summed E-state index contributed by atoms with van der Waals surface area (Å²) in [6, 6.07) is 3.65. The van der Waals surface area contributed by atoms with E-state index in [1.54, 1.807) is 6.07 Å². The van der Waals surface area contributed by atoms with Crippen molar-refractivity contribution in [3.63, 3.8) is 0 Å². The summed E-state index contributed by atoms with van der Waals surface area (Å²) in [5, 5.41) is 9.19. The van der Waals surface area contributed by atoms with Gasteiger partial charge in [-0.15, -0.1) is 0 Å². The Morgan fingerprint density at radius 3 is 2.94 bits per heavy atom. The third kappa shape index (κ3) is 3.16. The van der Waals surface area contributed by atoms with Crippen LogP contribution in [0.5, 0.6) is 11.5 Å². The molecule has 1 aromatic carbocycles. The van der Waals surface area contributed by atoms with Gasteiger partial charge in [-0.2, -0.15) is 0 Å². The van der Waals surface area contributed by atoms with Gasteiger partial charge in [0.1, 0.15) is 6.10 Å². The maximum absolute atomic E-state index is 9.19. The van der Waals surface area contributed by atoms with Crippen LogP contribution in [0.25, 0.3) is 0 Å². The molecular weight excluding hydrogens is 300 g/mol. The third-order valence-electron chi connectivity index (χ3n) is 2.72. The molecule has 1 atom stereocenters. The molecule has 1 aliphatic heterocycles. The molecule has 1 aromatic rings. The van der Waals surface area contributed by atoms with Crippen LogP contribution in [-0.2, 0) is 11.3 Å². The summed E-state index contributed by atoms with van der Waals surface area (Å²) in [4.78, 5) is 0. The average Bonchev–Trinajstić information content (AvgIpc) is 2.86. The second kappa shape index (κ2) is 6.41. The molecule has 1 N–H and O–H groups in total. The van der Waals surface area contributed by atoms with Gasteiger partial charge in [-0.05, 0) is 40.5 Å². The smallest absolute Gasteiger partial charge is 0.175 e. The summed E-state index contributed by atoms with van der Waals surface area (Å²) in [6.45, 7) is 3.80. The predicted octanol–water partition coefficient (Wildman–Crippen LogP) is 2.51. The molecule has 0 saturated carbocycles. The Morgan fingerprint density at radius 1 is 1.50 bits per heavy atom. The minimum Gasteiger partial charge on any atom is -0.490 e. The number of aliphatic hydroxyl groups is 1. The lowest BCUT2D eigenvalue weighted by Gasteiger charge is -2.18. The van der Waals surface area contributed by atoms with Gasteiger partial charge in [0.05, 0.1) is 30.9 Å². The summed E-state index contributed by atoms with van der Waals surface area (Å²) < 4.78 is 17.6. The van der Waals surface area contributed by atoms with E-state index < -0.39 is 0 Å². The van der Waals surface area contributed by atoms with E-state index in [0.717, 1.165) is 23.1 Å². The van der Waals surface area contributed by atoms with Gasteiger partial charge in [0.2, 0.25) is 0 Å². The van der Waals surface area contributed by atoms with Crippen LogP contribution in [0.1, 0.15) is 18.9 Å². The quantitative estimate of drug-likeness (QED) is 0.906. The van der Waals surface area contributed by atoms with Gasteiger partial charge in [0.25, 0.3) is 0 Å². The van der Waals surface area contributed by atoms with Crippen LogP contribution in [0.15, 0.2) is 16.6 Å². The molecule has 4 nitrogen and oxygen atoms in total. The summed E-state index contributed by atoms with van der Waals surface area (Å²) in [7, 11) is 0. The third-order valence-corrected chi connectivity index (χ3v) is 3.31. The Hall–Kier alpha value is -0.780. The average molecular weight is 317 g/mol. The van der Waals surface area contributed by atoms with Crippen molar-refractivity contribution >= 4 is 15.9 Å². The number of halogens is 1. The van der Waals surface area contributed by atoms with Crippen LogP contribution >= 0.6 is 15.9 Å². The fourth-order valence-corrected chi connectivity index (χ4v) is 2.45. The normalized spacial score (nSPS) is 18.9. The van der Waals surface area contributed by atoms with Crippen molar-refractivity contribution in [1.82, 2.24) is 0 Å². The summed E-state index contributed by atoms with van der Waals surface area (Å²) in [5.74, 6) is 1.34. The number of benzene rings is 1. The highest BCUT2D eigenvalue weighted by molar-refractivity contribution is 9.10. The zero-order valence-corrected chi connectivity index (χ0v) is 11.9. The van der Waals surface area contributed by atoms with Crippen molar-refractivity contribution in [3.05, 3.63) is 22.2 Å². The standard InChI is InChI=1S/C13H17BrO4/c1-2-17-12-6-9(7-15)5-11(14)13(12)18-10-3-4-16-8-10/h5-6,10,15H,2-4,7-8H2,1H3. The van der Waals surface area contributed by atoms with Gasteiger partial charge < -0.3 is 19.3 Å². The second-order valence-electron chi connectivity index (χ2n) is 4.10. The van der Waals surface area contributed by atoms with E-state index in [4.69, 9.17) is 14.2 Å². The summed E-state index contributed by atoms with van der Waals surface area (Å²) >= 11 is 3.46. The van der Waals surface area contributed by atoms with Crippen LogP contribution < -0.4 is 9.47 Å². The molecule has 0 radical (unpaired) electrons. The van der Waals surface area contributed by atoms with Crippen LogP contribution in [0, 0.1) is 0 Å². The van der Waals surface area contributed by atoms with E-state index in [1.165, 1.54) is 0 Å². The van der Waals surface area contributed by atoms with Crippen LogP contribution in [0.4, 0.5) is 0 Å². The summed E-state index contributed by atoms with van der Waals surface area (Å²) in [5.41, 5.74) is 0.792. The second-order valence-corrected chi connectivity index (χ2v) is 4.95. The van der Waals surface area contributed by atoms with Crippen molar-refractivity contribution in [3.8, 4) is 11.5 Å². The van der Waals surface area contributed by atoms with Crippen LogP contribution in [0.3, 0.4) is 0 Å². The maximum Gasteiger partial charge on any atom is 0.175 e. The van der Waals surface area contributed by atoms with E-state index in [-0.39, 0.29) is 12.7 Å². The molecule has 0 bridgehead atoms. The highest BCUT2D eigenvalue weighted by Crippen LogP contribution is 2.38. The lowest BCUT2D eigenvalue weighted by atomic mass is 10.2. The molecule has 100 valence electrons. The lowest BCUT2D eigenvalue weighted by Crippen LogP contribution is -2.16. The van der Waals surface area contributed by atoms with Crippen molar-refractivity contribution in [2.45, 2.75) is 26.1 Å². The van der Waals surface area contributed by atoms with Crippen molar-refractivity contribution in [2.75, 3.05) is 19.8 Å². The molecular formula is C13H17BrO4. The first-order chi connectivity index (χ1) is 8.74. The number of rotatable bonds is 5. The maximum atomic E-state index is 9.19. The van der Waals surface area contributed by atoms with E-state index in [1.807, 2.05) is 13.0 Å². The zero-order chi connectivity index (χ0) is 13.0. The molecule has 1 saturated heterocycles. The number of hydrogen-bond acceptors (Lipinski definition) is 4. The number of hydrogen-bond donors (Lipinski definition) is 1. The molecule has 18 heavy (non-hydrogen) atoms. The first-order valence-electron chi connectivity index (χ1n) is 6.05. The van der Waals surface area contributed by atoms with E-state index in [2.05, 4.69) is 15.9 Å². The lowest BCUT2D eigenvalue weighted by molar-refractivity contribution is 0.137. The Labute approximate surface area is 115 Å². The van der Waals surface area contributed by atoms with Crippen molar-refractivity contribution in [1.29, 1.82) is 0 Å². The fourth-order valence-electron chi connectivity index (χ4n) is 1.86. The van der Waals surface area contributed by atoms with Crippen LogP contribution in [0.2, 0.25) is 0 Å². The van der Waals surface area contributed by atoms with E-state index >= 15 is 0 Å². The van der Waals surface area contributed by atoms with Gasteiger partial charge in [-0.1, -0.05) is 0 Å². The first kappa shape index (κ1) is 13.6. The van der Waals surface area contributed by atoms with Gasteiger partial charge in [-0.25, -0.2) is 0 Å². The van der Waals surface area contributed by atoms with Gasteiger partial charge in [-0.3, -0.25) is 0 Å². The SMILES string of the molecule is CCOc1cc(CO)cc(Br)c1OC1CCOC1. The van der Waals surface area contributed by atoms with Crippen molar-refractivity contribution in [2.24, 2.45) is 0 Å². The molecule has 0 aliphatic carbocycles. The first-order valence-corrected chi connectivity index (χ1v) is 6.84. The summed E-state index contributed by atoms with van der Waals surface area (Å²) in [6.07, 6.45) is 0.959. The molecule has 1 fully saturated rings. The largest absolute Gasteiger partial charge is 0.490 e. The molecule has 5 heteroatoms. The highest BCUT2D eigenvalue weighted by Gasteiger charge is 2.21. The minimum atomic E-state index is -0.0223. The monoisotopic (exact) mass is 316 g/mol. The Balaban J connectivity index is 2.24. The topological polar surface area (TPSA) is 47.9 Å². The van der Waals surface area contributed by atoms with Crippen molar-refractivity contribution < 1.29 is 19.3 Å². The molecule has 2 rings (SSSR count). The Kier molecular flexibility index (Phi) is 4.86. The van der Waals surface area contributed by atoms with Crippen LogP contribution in [-0.4, -0.2) is 31.0 Å².